The van der Waals surface area contributed by atoms with Crippen molar-refractivity contribution in [1.29, 1.82) is 0 Å². The van der Waals surface area contributed by atoms with Crippen molar-refractivity contribution < 1.29 is 9.53 Å². The zero-order chi connectivity index (χ0) is 22.3. The van der Waals surface area contributed by atoms with E-state index in [1.165, 1.54) is 0 Å². The van der Waals surface area contributed by atoms with Crippen molar-refractivity contribution in [2.75, 3.05) is 63.7 Å². The number of aromatic nitrogens is 2. The number of hydrogen-bond donors (Lipinski definition) is 3. The molecule has 1 aliphatic carbocycles. The van der Waals surface area contributed by atoms with Crippen LogP contribution in [-0.2, 0) is 11.3 Å². The van der Waals surface area contributed by atoms with Crippen molar-refractivity contribution in [1.82, 2.24) is 25.5 Å². The van der Waals surface area contributed by atoms with Crippen LogP contribution in [0.2, 0.25) is 0 Å². The van der Waals surface area contributed by atoms with Crippen LogP contribution >= 0.6 is 0 Å². The van der Waals surface area contributed by atoms with Gasteiger partial charge in [-0.05, 0) is 51.2 Å². The summed E-state index contributed by atoms with van der Waals surface area (Å²) >= 11 is 0. The van der Waals surface area contributed by atoms with E-state index in [4.69, 9.17) is 14.7 Å². The summed E-state index contributed by atoms with van der Waals surface area (Å²) in [6.07, 6.45) is 2.13. The van der Waals surface area contributed by atoms with Crippen LogP contribution in [0, 0.1) is 0 Å². The lowest BCUT2D eigenvalue weighted by atomic mass is 10.2. The van der Waals surface area contributed by atoms with Crippen molar-refractivity contribution >= 4 is 17.5 Å². The standard InChI is InChI=1S/C23H33N7O2/c1-29(2)10-9-24-16-20-15-21(30-11-13-32-14-12-30)28-22(25-20)17-3-5-18(6-4-17)26-23(31)27-19-7-8-19/h3-6,15,19,24H,7-14,16H2,1-2H3,(H2,26,27,31). The molecule has 1 aliphatic heterocycles. The minimum atomic E-state index is -0.156. The number of benzene rings is 1. The summed E-state index contributed by atoms with van der Waals surface area (Å²) in [5.41, 5.74) is 2.63. The molecule has 0 radical (unpaired) electrons. The Morgan fingerprint density at radius 1 is 1.16 bits per heavy atom. The Kier molecular flexibility index (Phi) is 7.51. The lowest BCUT2D eigenvalue weighted by Crippen LogP contribution is -2.37. The summed E-state index contributed by atoms with van der Waals surface area (Å²) in [6.45, 7) is 5.60. The van der Waals surface area contributed by atoms with Gasteiger partial charge in [0.1, 0.15) is 5.82 Å². The maximum Gasteiger partial charge on any atom is 0.319 e. The van der Waals surface area contributed by atoms with Crippen LogP contribution < -0.4 is 20.9 Å². The van der Waals surface area contributed by atoms with Gasteiger partial charge in [-0.2, -0.15) is 0 Å². The van der Waals surface area contributed by atoms with Crippen LogP contribution in [0.4, 0.5) is 16.3 Å². The lowest BCUT2D eigenvalue weighted by molar-refractivity contribution is 0.122. The van der Waals surface area contributed by atoms with Gasteiger partial charge in [-0.3, -0.25) is 0 Å². The number of urea groups is 1. The Labute approximate surface area is 189 Å². The minimum Gasteiger partial charge on any atom is -0.378 e. The van der Waals surface area contributed by atoms with E-state index < -0.39 is 0 Å². The topological polar surface area (TPSA) is 94.6 Å². The van der Waals surface area contributed by atoms with Gasteiger partial charge < -0.3 is 30.5 Å². The van der Waals surface area contributed by atoms with Crippen molar-refractivity contribution in [2.24, 2.45) is 0 Å². The number of carbonyl (C=O) groups excluding carboxylic acids is 1. The molecule has 0 atom stereocenters. The molecule has 1 aromatic heterocycles. The van der Waals surface area contributed by atoms with Crippen LogP contribution in [-0.4, -0.2) is 80.4 Å². The SMILES string of the molecule is CN(C)CCNCc1cc(N2CCOCC2)nc(-c2ccc(NC(=O)NC3CC3)cc2)n1. The molecule has 9 nitrogen and oxygen atoms in total. The highest BCUT2D eigenvalue weighted by Gasteiger charge is 2.23. The number of ether oxygens (including phenoxy) is 1. The van der Waals surface area contributed by atoms with Gasteiger partial charge in [-0.25, -0.2) is 14.8 Å². The maximum atomic E-state index is 12.0. The summed E-state index contributed by atoms with van der Waals surface area (Å²) in [4.78, 5) is 26.0. The van der Waals surface area contributed by atoms with Crippen LogP contribution in [0.25, 0.3) is 11.4 Å². The van der Waals surface area contributed by atoms with Gasteiger partial charge in [-0.1, -0.05) is 0 Å². The molecule has 172 valence electrons. The first-order chi connectivity index (χ1) is 15.6. The molecule has 2 aliphatic rings. The highest BCUT2D eigenvalue weighted by molar-refractivity contribution is 5.89. The Morgan fingerprint density at radius 2 is 1.91 bits per heavy atom. The number of carbonyl (C=O) groups is 1. The van der Waals surface area contributed by atoms with Gasteiger partial charge in [0.2, 0.25) is 0 Å². The van der Waals surface area contributed by atoms with Gasteiger partial charge >= 0.3 is 6.03 Å². The Bertz CT molecular complexity index is 894. The normalized spacial score (nSPS) is 16.3. The lowest BCUT2D eigenvalue weighted by Gasteiger charge is -2.28. The zero-order valence-corrected chi connectivity index (χ0v) is 18.9. The molecule has 9 heteroatoms. The van der Waals surface area contributed by atoms with Crippen molar-refractivity contribution in [3.05, 3.63) is 36.0 Å². The van der Waals surface area contributed by atoms with E-state index in [9.17, 15) is 4.79 Å². The Morgan fingerprint density at radius 3 is 2.59 bits per heavy atom. The molecular formula is C23H33N7O2. The average molecular weight is 440 g/mol. The van der Waals surface area contributed by atoms with Gasteiger partial charge in [0.15, 0.2) is 5.82 Å². The van der Waals surface area contributed by atoms with Crippen LogP contribution in [0.5, 0.6) is 0 Å². The number of rotatable bonds is 9. The van der Waals surface area contributed by atoms with Gasteiger partial charge in [0, 0.05) is 56.1 Å². The average Bonchev–Trinajstić information content (AvgIpc) is 3.61. The Hall–Kier alpha value is -2.75. The molecule has 2 amide bonds. The monoisotopic (exact) mass is 439 g/mol. The van der Waals surface area contributed by atoms with E-state index >= 15 is 0 Å². The van der Waals surface area contributed by atoms with E-state index in [1.807, 2.05) is 24.3 Å². The van der Waals surface area contributed by atoms with Crippen LogP contribution in [0.15, 0.2) is 30.3 Å². The summed E-state index contributed by atoms with van der Waals surface area (Å²) in [5, 5.41) is 9.28. The highest BCUT2D eigenvalue weighted by Crippen LogP contribution is 2.23. The van der Waals surface area contributed by atoms with Gasteiger partial charge in [-0.15, -0.1) is 0 Å². The smallest absolute Gasteiger partial charge is 0.319 e. The van der Waals surface area contributed by atoms with Crippen molar-refractivity contribution in [3.63, 3.8) is 0 Å². The second-order valence-electron chi connectivity index (χ2n) is 8.57. The molecule has 1 aromatic carbocycles. The van der Waals surface area contributed by atoms with Gasteiger partial charge in [0.05, 0.1) is 18.9 Å². The largest absolute Gasteiger partial charge is 0.378 e. The highest BCUT2D eigenvalue weighted by atomic mass is 16.5. The number of amides is 2. The third-order valence-electron chi connectivity index (χ3n) is 5.46. The zero-order valence-electron chi connectivity index (χ0n) is 18.9. The number of nitrogens with zero attached hydrogens (tertiary/aromatic N) is 4. The second-order valence-corrected chi connectivity index (χ2v) is 8.57. The van der Waals surface area contributed by atoms with Crippen LogP contribution in [0.1, 0.15) is 18.5 Å². The third-order valence-corrected chi connectivity index (χ3v) is 5.46. The summed E-state index contributed by atoms with van der Waals surface area (Å²) in [6, 6.07) is 9.92. The van der Waals surface area contributed by atoms with Gasteiger partial charge in [0.25, 0.3) is 0 Å². The molecule has 0 bridgehead atoms. The molecular weight excluding hydrogens is 406 g/mol. The van der Waals surface area contributed by atoms with E-state index in [1.54, 1.807) is 0 Å². The summed E-state index contributed by atoms with van der Waals surface area (Å²) in [5.74, 6) is 1.61. The van der Waals surface area contributed by atoms with E-state index in [0.717, 1.165) is 61.8 Å². The first kappa shape index (κ1) is 22.4. The molecule has 1 saturated carbocycles. The minimum absolute atomic E-state index is 0.156. The number of nitrogens with one attached hydrogen (secondary N) is 3. The van der Waals surface area contributed by atoms with E-state index in [-0.39, 0.29) is 6.03 Å². The fraction of sp³-hybridized carbons (Fsp3) is 0.522. The number of likely N-dealkylation sites (N-methyl/N-ethyl adjacent to an activating group) is 1. The number of morpholine rings is 1. The molecule has 4 rings (SSSR count). The molecule has 0 unspecified atom stereocenters. The number of hydrogen-bond acceptors (Lipinski definition) is 7. The third kappa shape index (κ3) is 6.62. The quantitative estimate of drug-likeness (QED) is 0.514. The summed E-state index contributed by atoms with van der Waals surface area (Å²) in [7, 11) is 4.13. The first-order valence-electron chi connectivity index (χ1n) is 11.3. The van der Waals surface area contributed by atoms with Crippen molar-refractivity contribution in [3.8, 4) is 11.4 Å². The van der Waals surface area contributed by atoms with Crippen LogP contribution in [0.3, 0.4) is 0 Å². The number of anilines is 2. The predicted octanol–water partition coefficient (Wildman–Crippen LogP) is 1.92. The molecule has 2 fully saturated rings. The molecule has 2 heterocycles. The fourth-order valence-corrected chi connectivity index (χ4v) is 3.46. The predicted molar refractivity (Wildman–Crippen MR) is 126 cm³/mol. The Balaban J connectivity index is 1.48. The second kappa shape index (κ2) is 10.7. The fourth-order valence-electron chi connectivity index (χ4n) is 3.46. The molecule has 0 spiro atoms. The molecule has 32 heavy (non-hydrogen) atoms. The molecule has 1 saturated heterocycles. The van der Waals surface area contributed by atoms with Crippen molar-refractivity contribution in [2.45, 2.75) is 25.4 Å². The first-order valence-corrected chi connectivity index (χ1v) is 11.3. The summed E-state index contributed by atoms with van der Waals surface area (Å²) < 4.78 is 5.50. The maximum absolute atomic E-state index is 12.0. The molecule has 2 aromatic rings. The molecule has 3 N–H and O–H groups in total. The van der Waals surface area contributed by atoms with E-state index in [2.05, 4.69) is 45.9 Å². The van der Waals surface area contributed by atoms with E-state index in [0.29, 0.717) is 31.6 Å².